The normalized spacial score (nSPS) is 10.8. The molecular weight excluding hydrogens is 154 g/mol. The maximum Gasteiger partial charge on any atom is 0.283 e. The number of nitrogens with zero attached hydrogens (tertiary/aromatic N) is 1. The lowest BCUT2D eigenvalue weighted by Crippen LogP contribution is -2.18. The van der Waals surface area contributed by atoms with Crippen molar-refractivity contribution in [2.24, 2.45) is 0 Å². The quantitative estimate of drug-likeness (QED) is 0.639. The van der Waals surface area contributed by atoms with Gasteiger partial charge in [-0.1, -0.05) is 6.08 Å². The molecule has 1 heterocycles. The molecule has 0 fully saturated rings. The van der Waals surface area contributed by atoms with Crippen LogP contribution in [-0.2, 0) is 0 Å². The number of aromatic nitrogens is 1. The molecule has 0 aromatic carbocycles. The summed E-state index contributed by atoms with van der Waals surface area (Å²) in [6, 6.07) is 3.12. The van der Waals surface area contributed by atoms with E-state index in [9.17, 15) is 10.0 Å². The highest BCUT2D eigenvalue weighted by Crippen LogP contribution is 2.01. The molecule has 0 aliphatic carbocycles. The molecule has 0 radical (unpaired) electrons. The number of aryl methyl sites for hydroxylation is 1. The Bertz CT molecular complexity index is 363. The van der Waals surface area contributed by atoms with Crippen LogP contribution in [0.15, 0.2) is 23.0 Å². The molecular formula is C9H11NO2. The molecule has 12 heavy (non-hydrogen) atoms. The van der Waals surface area contributed by atoms with Gasteiger partial charge in [0.2, 0.25) is 0 Å². The molecule has 0 aliphatic rings. The first-order chi connectivity index (χ1) is 5.65. The van der Waals surface area contributed by atoms with Crippen molar-refractivity contribution in [3.05, 3.63) is 39.8 Å². The predicted octanol–water partition coefficient (Wildman–Crippen LogP) is 1.43. The molecule has 1 aromatic heterocycles. The molecule has 1 N–H and O–H groups in total. The fourth-order valence-corrected chi connectivity index (χ4v) is 1.01. The second-order valence-electron chi connectivity index (χ2n) is 2.61. The molecule has 0 amide bonds. The second-order valence-corrected chi connectivity index (χ2v) is 2.61. The highest BCUT2D eigenvalue weighted by Gasteiger charge is 1.98. The van der Waals surface area contributed by atoms with Gasteiger partial charge in [-0.2, -0.15) is 0 Å². The predicted molar refractivity (Wildman–Crippen MR) is 47.3 cm³/mol. The Kier molecular flexibility index (Phi) is 2.33. The molecule has 64 valence electrons. The lowest BCUT2D eigenvalue weighted by molar-refractivity contribution is 0.172. The minimum atomic E-state index is -0.400. The van der Waals surface area contributed by atoms with Gasteiger partial charge in [-0.05, 0) is 31.6 Å². The van der Waals surface area contributed by atoms with Crippen LogP contribution >= 0.6 is 0 Å². The van der Waals surface area contributed by atoms with Gasteiger partial charge in [0.15, 0.2) is 0 Å². The Morgan fingerprint density at radius 1 is 1.50 bits per heavy atom. The van der Waals surface area contributed by atoms with Crippen molar-refractivity contribution in [2.75, 3.05) is 0 Å². The number of pyridine rings is 1. The molecule has 0 saturated heterocycles. The average molecular weight is 165 g/mol. The molecule has 3 heteroatoms. The fourth-order valence-electron chi connectivity index (χ4n) is 1.01. The van der Waals surface area contributed by atoms with E-state index < -0.39 is 5.56 Å². The maximum atomic E-state index is 11.0. The summed E-state index contributed by atoms with van der Waals surface area (Å²) in [5, 5.41) is 9.21. The van der Waals surface area contributed by atoms with E-state index in [0.717, 1.165) is 5.56 Å². The molecule has 0 bridgehead atoms. The fraction of sp³-hybridized carbons (Fsp3) is 0.222. The van der Waals surface area contributed by atoms with Crippen LogP contribution in [0.3, 0.4) is 0 Å². The van der Waals surface area contributed by atoms with Crippen LogP contribution in [0, 0.1) is 6.92 Å². The molecule has 0 atom stereocenters. The summed E-state index contributed by atoms with van der Waals surface area (Å²) < 4.78 is 0.632. The number of rotatable bonds is 1. The van der Waals surface area contributed by atoms with Gasteiger partial charge in [-0.15, -0.1) is 4.73 Å². The van der Waals surface area contributed by atoms with E-state index in [1.165, 1.54) is 6.07 Å². The van der Waals surface area contributed by atoms with E-state index in [1.807, 2.05) is 13.8 Å². The van der Waals surface area contributed by atoms with E-state index in [0.29, 0.717) is 10.4 Å². The highest BCUT2D eigenvalue weighted by molar-refractivity contribution is 5.45. The van der Waals surface area contributed by atoms with Crippen LogP contribution < -0.4 is 5.56 Å². The third-order valence-corrected chi connectivity index (χ3v) is 1.52. The summed E-state index contributed by atoms with van der Waals surface area (Å²) in [6.07, 6.45) is 3.44. The smallest absolute Gasteiger partial charge is 0.283 e. The standard InChI is InChI=1S/C9H11NO2/c1-3-4-8-5-7(2)6-9(11)10(8)12/h3-6,12H,1-2H3. The summed E-state index contributed by atoms with van der Waals surface area (Å²) in [5.74, 6) is 0. The summed E-state index contributed by atoms with van der Waals surface area (Å²) in [4.78, 5) is 11.0. The summed E-state index contributed by atoms with van der Waals surface area (Å²) >= 11 is 0. The summed E-state index contributed by atoms with van der Waals surface area (Å²) in [6.45, 7) is 3.64. The minimum absolute atomic E-state index is 0.400. The number of hydrogen-bond donors (Lipinski definition) is 1. The third-order valence-electron chi connectivity index (χ3n) is 1.52. The Balaban J connectivity index is 3.37. The van der Waals surface area contributed by atoms with E-state index in [-0.39, 0.29) is 0 Å². The molecule has 3 nitrogen and oxygen atoms in total. The molecule has 0 saturated carbocycles. The van der Waals surface area contributed by atoms with Crippen molar-refractivity contribution in [3.8, 4) is 0 Å². The average Bonchev–Trinajstić information content (AvgIpc) is 2.00. The van der Waals surface area contributed by atoms with Gasteiger partial charge in [-0.3, -0.25) is 4.79 Å². The second kappa shape index (κ2) is 3.26. The maximum absolute atomic E-state index is 11.0. The largest absolute Gasteiger partial charge is 0.425 e. The van der Waals surface area contributed by atoms with Crippen LogP contribution in [0.25, 0.3) is 6.08 Å². The van der Waals surface area contributed by atoms with E-state index in [4.69, 9.17) is 0 Å². The zero-order chi connectivity index (χ0) is 9.14. The van der Waals surface area contributed by atoms with Gasteiger partial charge in [0, 0.05) is 6.07 Å². The van der Waals surface area contributed by atoms with Gasteiger partial charge in [0.1, 0.15) is 0 Å². The zero-order valence-electron chi connectivity index (χ0n) is 7.11. The Morgan fingerprint density at radius 3 is 2.75 bits per heavy atom. The lowest BCUT2D eigenvalue weighted by atomic mass is 10.2. The Morgan fingerprint density at radius 2 is 2.17 bits per heavy atom. The topological polar surface area (TPSA) is 42.2 Å². The van der Waals surface area contributed by atoms with Crippen LogP contribution in [0.1, 0.15) is 18.2 Å². The molecule has 0 unspecified atom stereocenters. The third kappa shape index (κ3) is 1.56. The van der Waals surface area contributed by atoms with Crippen LogP contribution in [0.2, 0.25) is 0 Å². The Labute approximate surface area is 70.5 Å². The van der Waals surface area contributed by atoms with Crippen molar-refractivity contribution < 1.29 is 5.21 Å². The van der Waals surface area contributed by atoms with Crippen molar-refractivity contribution >= 4 is 6.08 Å². The van der Waals surface area contributed by atoms with Gasteiger partial charge < -0.3 is 5.21 Å². The van der Waals surface area contributed by atoms with Crippen LogP contribution in [-0.4, -0.2) is 9.94 Å². The monoisotopic (exact) mass is 165 g/mol. The van der Waals surface area contributed by atoms with E-state index in [2.05, 4.69) is 0 Å². The van der Waals surface area contributed by atoms with Gasteiger partial charge in [0.25, 0.3) is 5.56 Å². The number of hydrogen-bond acceptors (Lipinski definition) is 2. The zero-order valence-corrected chi connectivity index (χ0v) is 7.11. The molecule has 0 spiro atoms. The minimum Gasteiger partial charge on any atom is -0.425 e. The molecule has 1 rings (SSSR count). The summed E-state index contributed by atoms with van der Waals surface area (Å²) in [5.41, 5.74) is 0.948. The van der Waals surface area contributed by atoms with Gasteiger partial charge in [-0.25, -0.2) is 0 Å². The van der Waals surface area contributed by atoms with Crippen molar-refractivity contribution in [2.45, 2.75) is 13.8 Å². The van der Waals surface area contributed by atoms with E-state index in [1.54, 1.807) is 18.2 Å². The van der Waals surface area contributed by atoms with Crippen molar-refractivity contribution in [1.29, 1.82) is 0 Å². The van der Waals surface area contributed by atoms with Crippen molar-refractivity contribution in [1.82, 2.24) is 4.73 Å². The first-order valence-corrected chi connectivity index (χ1v) is 3.71. The van der Waals surface area contributed by atoms with Crippen LogP contribution in [0.4, 0.5) is 0 Å². The molecule has 1 aromatic rings. The van der Waals surface area contributed by atoms with Crippen molar-refractivity contribution in [3.63, 3.8) is 0 Å². The van der Waals surface area contributed by atoms with Gasteiger partial charge >= 0.3 is 0 Å². The first-order valence-electron chi connectivity index (χ1n) is 3.71. The van der Waals surface area contributed by atoms with Gasteiger partial charge in [0.05, 0.1) is 5.69 Å². The SMILES string of the molecule is CC=Cc1cc(C)cc(=O)n1O. The van der Waals surface area contributed by atoms with Crippen LogP contribution in [0.5, 0.6) is 0 Å². The lowest BCUT2D eigenvalue weighted by Gasteiger charge is -2.01. The number of allylic oxidation sites excluding steroid dienone is 1. The summed E-state index contributed by atoms with van der Waals surface area (Å²) in [7, 11) is 0. The highest BCUT2D eigenvalue weighted by atomic mass is 16.5. The Hall–Kier alpha value is -1.51. The first kappa shape index (κ1) is 8.59. The molecule has 0 aliphatic heterocycles. The van der Waals surface area contributed by atoms with E-state index >= 15 is 0 Å².